The number of carbonyl (C=O) groups is 2. The van der Waals surface area contributed by atoms with Gasteiger partial charge in [0.2, 0.25) is 11.8 Å². The molecule has 2 heterocycles. The highest BCUT2D eigenvalue weighted by Crippen LogP contribution is 2.36. The molecule has 0 radical (unpaired) electrons. The lowest BCUT2D eigenvalue weighted by atomic mass is 9.84. The van der Waals surface area contributed by atoms with E-state index in [-0.39, 0.29) is 41.3 Å². The maximum absolute atomic E-state index is 12.9. The molecule has 2 aliphatic rings. The third-order valence-electron chi connectivity index (χ3n) is 5.15. The number of likely N-dealkylation sites (tertiary alicyclic amines) is 1. The minimum atomic E-state index is -3.07. The molecule has 0 spiro atoms. The van der Waals surface area contributed by atoms with Crippen molar-refractivity contribution in [3.63, 3.8) is 0 Å². The summed E-state index contributed by atoms with van der Waals surface area (Å²) in [5.41, 5.74) is 0.925. The van der Waals surface area contributed by atoms with Gasteiger partial charge in [0.1, 0.15) is 0 Å². The van der Waals surface area contributed by atoms with E-state index in [1.54, 1.807) is 11.9 Å². The van der Waals surface area contributed by atoms with Crippen LogP contribution in [0.4, 0.5) is 0 Å². The average molecular weight is 364 g/mol. The van der Waals surface area contributed by atoms with Crippen LogP contribution in [0.25, 0.3) is 0 Å². The van der Waals surface area contributed by atoms with E-state index in [1.165, 1.54) is 0 Å². The Labute approximate surface area is 148 Å². The van der Waals surface area contributed by atoms with Crippen LogP contribution in [0.3, 0.4) is 0 Å². The van der Waals surface area contributed by atoms with Gasteiger partial charge in [-0.1, -0.05) is 30.3 Å². The van der Waals surface area contributed by atoms with Gasteiger partial charge >= 0.3 is 0 Å². The quantitative estimate of drug-likeness (QED) is 0.876. The lowest BCUT2D eigenvalue weighted by Gasteiger charge is -2.39. The summed E-state index contributed by atoms with van der Waals surface area (Å²) in [5, 5.41) is 2.92. The van der Waals surface area contributed by atoms with E-state index in [4.69, 9.17) is 0 Å². The van der Waals surface area contributed by atoms with Gasteiger partial charge < -0.3 is 10.2 Å². The normalized spacial score (nSPS) is 29.2. The van der Waals surface area contributed by atoms with Crippen molar-refractivity contribution in [3.05, 3.63) is 35.9 Å². The van der Waals surface area contributed by atoms with Crippen molar-refractivity contribution >= 4 is 21.7 Å². The predicted octanol–water partition coefficient (Wildman–Crippen LogP) is 1.29. The predicted molar refractivity (Wildman–Crippen MR) is 94.5 cm³/mol. The van der Waals surface area contributed by atoms with Gasteiger partial charge in [0, 0.05) is 19.5 Å². The number of hydrogen-bond donors (Lipinski definition) is 1. The molecular formula is C18H24N2O4S. The molecule has 0 aliphatic carbocycles. The molecule has 0 aromatic heterocycles. The lowest BCUT2D eigenvalue weighted by Crippen LogP contribution is -2.50. The number of nitrogens with zero attached hydrogens (tertiary/aromatic N) is 1. The molecule has 1 aromatic rings. The molecule has 0 bridgehead atoms. The topological polar surface area (TPSA) is 83.6 Å². The number of piperidine rings is 1. The molecule has 7 heteroatoms. The SMILES string of the molecule is CN1C(=O)CCC(C(=O)NC2CCCS(=O)(=O)C2)C1c1ccccc1. The van der Waals surface area contributed by atoms with Crippen LogP contribution in [0.15, 0.2) is 30.3 Å². The van der Waals surface area contributed by atoms with Crippen molar-refractivity contribution in [1.82, 2.24) is 10.2 Å². The first-order valence-corrected chi connectivity index (χ1v) is 10.5. The Kier molecular flexibility index (Phi) is 5.13. The van der Waals surface area contributed by atoms with Gasteiger partial charge in [-0.15, -0.1) is 0 Å². The van der Waals surface area contributed by atoms with Crippen LogP contribution >= 0.6 is 0 Å². The Hall–Kier alpha value is -1.89. The molecule has 6 nitrogen and oxygen atoms in total. The zero-order valence-corrected chi connectivity index (χ0v) is 15.2. The number of nitrogens with one attached hydrogen (secondary N) is 1. The second kappa shape index (κ2) is 7.15. The largest absolute Gasteiger partial charge is 0.352 e. The molecular weight excluding hydrogens is 340 g/mol. The first-order chi connectivity index (χ1) is 11.9. The third kappa shape index (κ3) is 4.03. The first kappa shape index (κ1) is 17.9. The van der Waals surface area contributed by atoms with Crippen LogP contribution in [-0.4, -0.2) is 49.7 Å². The van der Waals surface area contributed by atoms with Crippen LogP contribution < -0.4 is 5.32 Å². The second-order valence-electron chi connectivity index (χ2n) is 6.97. The first-order valence-electron chi connectivity index (χ1n) is 8.69. The summed E-state index contributed by atoms with van der Waals surface area (Å²) in [5.74, 6) is -0.286. The number of rotatable bonds is 3. The maximum Gasteiger partial charge on any atom is 0.225 e. The van der Waals surface area contributed by atoms with E-state index in [0.29, 0.717) is 25.7 Å². The molecule has 2 saturated heterocycles. The summed E-state index contributed by atoms with van der Waals surface area (Å²) < 4.78 is 23.6. The zero-order valence-electron chi connectivity index (χ0n) is 14.3. The van der Waals surface area contributed by atoms with Crippen molar-refractivity contribution in [3.8, 4) is 0 Å². The second-order valence-corrected chi connectivity index (χ2v) is 9.20. The molecule has 2 fully saturated rings. The van der Waals surface area contributed by atoms with E-state index in [1.807, 2.05) is 30.3 Å². The lowest BCUT2D eigenvalue weighted by molar-refractivity contribution is -0.141. The van der Waals surface area contributed by atoms with Gasteiger partial charge in [-0.2, -0.15) is 0 Å². The molecule has 1 N–H and O–H groups in total. The molecule has 3 atom stereocenters. The highest BCUT2D eigenvalue weighted by atomic mass is 32.2. The smallest absolute Gasteiger partial charge is 0.225 e. The molecule has 25 heavy (non-hydrogen) atoms. The van der Waals surface area contributed by atoms with Gasteiger partial charge in [-0.05, 0) is 24.8 Å². The summed E-state index contributed by atoms with van der Waals surface area (Å²) in [4.78, 5) is 26.6. The number of hydrogen-bond acceptors (Lipinski definition) is 4. The van der Waals surface area contributed by atoms with Crippen molar-refractivity contribution in [1.29, 1.82) is 0 Å². The van der Waals surface area contributed by atoms with Gasteiger partial charge in [0.25, 0.3) is 0 Å². The number of carbonyl (C=O) groups excluding carboxylic acids is 2. The number of amides is 2. The Balaban J connectivity index is 1.78. The fourth-order valence-electron chi connectivity index (χ4n) is 3.86. The fourth-order valence-corrected chi connectivity index (χ4v) is 5.50. The Morgan fingerprint density at radius 2 is 1.92 bits per heavy atom. The van der Waals surface area contributed by atoms with Crippen LogP contribution in [-0.2, 0) is 19.4 Å². The van der Waals surface area contributed by atoms with E-state index in [2.05, 4.69) is 5.32 Å². The van der Waals surface area contributed by atoms with Crippen LogP contribution in [0.2, 0.25) is 0 Å². The standard InChI is InChI=1S/C18H24N2O4S/c1-20-16(21)10-9-15(17(20)13-6-3-2-4-7-13)18(22)19-14-8-5-11-25(23,24)12-14/h2-4,6-7,14-15,17H,5,8-12H2,1H3,(H,19,22). The summed E-state index contributed by atoms with van der Waals surface area (Å²) in [6.45, 7) is 0. The monoisotopic (exact) mass is 364 g/mol. The zero-order chi connectivity index (χ0) is 18.0. The van der Waals surface area contributed by atoms with Crippen LogP contribution in [0.5, 0.6) is 0 Å². The molecule has 2 amide bonds. The van der Waals surface area contributed by atoms with E-state index in [0.717, 1.165) is 5.56 Å². The highest BCUT2D eigenvalue weighted by Gasteiger charge is 2.39. The maximum atomic E-state index is 12.9. The molecule has 136 valence electrons. The Bertz CT molecular complexity index is 748. The molecule has 2 aliphatic heterocycles. The van der Waals surface area contributed by atoms with Gasteiger partial charge in [0.15, 0.2) is 9.84 Å². The fraction of sp³-hybridized carbons (Fsp3) is 0.556. The molecule has 0 saturated carbocycles. The van der Waals surface area contributed by atoms with E-state index < -0.39 is 9.84 Å². The van der Waals surface area contributed by atoms with Crippen molar-refractivity contribution in [2.24, 2.45) is 5.92 Å². The molecule has 3 rings (SSSR count). The van der Waals surface area contributed by atoms with Crippen molar-refractivity contribution in [2.45, 2.75) is 37.8 Å². The van der Waals surface area contributed by atoms with Crippen LogP contribution in [0.1, 0.15) is 37.3 Å². The Morgan fingerprint density at radius 1 is 1.20 bits per heavy atom. The number of sulfone groups is 1. The molecule has 1 aromatic carbocycles. The summed E-state index contributed by atoms with van der Waals surface area (Å²) in [7, 11) is -1.35. The van der Waals surface area contributed by atoms with E-state index in [9.17, 15) is 18.0 Å². The number of benzene rings is 1. The minimum absolute atomic E-state index is 0.0102. The molecule has 3 unspecified atom stereocenters. The van der Waals surface area contributed by atoms with Crippen molar-refractivity contribution < 1.29 is 18.0 Å². The van der Waals surface area contributed by atoms with Crippen molar-refractivity contribution in [2.75, 3.05) is 18.6 Å². The summed E-state index contributed by atoms with van der Waals surface area (Å²) in [6, 6.07) is 8.88. The van der Waals surface area contributed by atoms with E-state index >= 15 is 0 Å². The summed E-state index contributed by atoms with van der Waals surface area (Å²) >= 11 is 0. The van der Waals surface area contributed by atoms with Crippen LogP contribution in [0, 0.1) is 5.92 Å². The Morgan fingerprint density at radius 3 is 2.60 bits per heavy atom. The average Bonchev–Trinajstić information content (AvgIpc) is 2.57. The van der Waals surface area contributed by atoms with Gasteiger partial charge in [-0.3, -0.25) is 9.59 Å². The highest BCUT2D eigenvalue weighted by molar-refractivity contribution is 7.91. The van der Waals surface area contributed by atoms with Gasteiger partial charge in [0.05, 0.1) is 23.5 Å². The van der Waals surface area contributed by atoms with Gasteiger partial charge in [-0.25, -0.2) is 8.42 Å². The minimum Gasteiger partial charge on any atom is -0.352 e. The summed E-state index contributed by atoms with van der Waals surface area (Å²) in [6.07, 6.45) is 2.08. The third-order valence-corrected chi connectivity index (χ3v) is 6.97.